The summed E-state index contributed by atoms with van der Waals surface area (Å²) in [4.78, 5) is 26.9. The molecule has 2 N–H and O–H groups in total. The molecule has 1 aromatic carbocycles. The Kier molecular flexibility index (Phi) is 4.28. The summed E-state index contributed by atoms with van der Waals surface area (Å²) in [5.41, 5.74) is 2.33. The van der Waals surface area contributed by atoms with Crippen LogP contribution in [0, 0.1) is 12.8 Å². The van der Waals surface area contributed by atoms with E-state index in [1.165, 1.54) is 0 Å². The summed E-state index contributed by atoms with van der Waals surface area (Å²) in [6.07, 6.45) is 4.76. The summed E-state index contributed by atoms with van der Waals surface area (Å²) in [5.74, 6) is 0.268. The summed E-state index contributed by atoms with van der Waals surface area (Å²) in [6.45, 7) is 3.44. The van der Waals surface area contributed by atoms with Crippen molar-refractivity contribution in [2.45, 2.75) is 26.2 Å². The Labute approximate surface area is 150 Å². The maximum absolute atomic E-state index is 13.1. The number of nitrogens with one attached hydrogen (secondary N) is 2. The van der Waals surface area contributed by atoms with Gasteiger partial charge in [-0.25, -0.2) is 5.10 Å². The van der Waals surface area contributed by atoms with Crippen molar-refractivity contribution in [3.05, 3.63) is 57.8 Å². The number of benzene rings is 1. The monoisotopic (exact) mass is 351 g/mol. The lowest BCUT2D eigenvalue weighted by molar-refractivity contribution is 0.0668. The van der Waals surface area contributed by atoms with Gasteiger partial charge in [-0.1, -0.05) is 18.2 Å². The maximum Gasteiger partial charge on any atom is 0.274 e. The van der Waals surface area contributed by atoms with Crippen LogP contribution in [0.25, 0.3) is 10.8 Å². The van der Waals surface area contributed by atoms with Crippen LogP contribution in [0.1, 0.15) is 34.6 Å². The number of H-pyrrole nitrogens is 2. The number of amides is 1. The number of piperidine rings is 1. The van der Waals surface area contributed by atoms with E-state index >= 15 is 0 Å². The molecular weight excluding hydrogens is 330 g/mol. The van der Waals surface area contributed by atoms with E-state index in [0.717, 1.165) is 30.5 Å². The van der Waals surface area contributed by atoms with Gasteiger partial charge >= 0.3 is 0 Å². The summed E-state index contributed by atoms with van der Waals surface area (Å²) in [6, 6.07) is 7.10. The Balaban J connectivity index is 1.58. The molecule has 1 amide bonds. The predicted molar refractivity (Wildman–Crippen MR) is 98.0 cm³/mol. The molecule has 2 aromatic heterocycles. The minimum Gasteiger partial charge on any atom is -0.337 e. The SMILES string of the molecule is Cc1cn[nH]c1C[C@H]1CCCN(C(=O)c2n[nH]c(=O)c3ccccc23)C1. The lowest BCUT2D eigenvalue weighted by Crippen LogP contribution is -2.41. The van der Waals surface area contributed by atoms with Crippen LogP contribution in [0.4, 0.5) is 0 Å². The first-order chi connectivity index (χ1) is 12.6. The summed E-state index contributed by atoms with van der Waals surface area (Å²) < 4.78 is 0. The second kappa shape index (κ2) is 6.74. The summed E-state index contributed by atoms with van der Waals surface area (Å²) >= 11 is 0. The Bertz CT molecular complexity index is 1010. The van der Waals surface area contributed by atoms with Crippen molar-refractivity contribution in [1.82, 2.24) is 25.3 Å². The first kappa shape index (κ1) is 16.5. The molecule has 1 fully saturated rings. The Morgan fingerprint density at radius 3 is 2.85 bits per heavy atom. The first-order valence-electron chi connectivity index (χ1n) is 8.89. The largest absolute Gasteiger partial charge is 0.337 e. The first-order valence-corrected chi connectivity index (χ1v) is 8.89. The van der Waals surface area contributed by atoms with Gasteiger partial charge in [0.25, 0.3) is 11.5 Å². The van der Waals surface area contributed by atoms with E-state index < -0.39 is 0 Å². The second-order valence-electron chi connectivity index (χ2n) is 6.94. The van der Waals surface area contributed by atoms with E-state index in [2.05, 4.69) is 20.4 Å². The van der Waals surface area contributed by atoms with Gasteiger partial charge in [-0.15, -0.1) is 0 Å². The number of aryl methyl sites for hydroxylation is 1. The summed E-state index contributed by atoms with van der Waals surface area (Å²) in [7, 11) is 0. The van der Waals surface area contributed by atoms with Gasteiger partial charge in [-0.3, -0.25) is 14.7 Å². The van der Waals surface area contributed by atoms with E-state index in [4.69, 9.17) is 0 Å². The number of carbonyl (C=O) groups is 1. The molecule has 0 saturated carbocycles. The van der Waals surface area contributed by atoms with E-state index in [-0.39, 0.29) is 11.5 Å². The third-order valence-electron chi connectivity index (χ3n) is 5.13. The lowest BCUT2D eigenvalue weighted by atomic mass is 9.92. The molecule has 26 heavy (non-hydrogen) atoms. The van der Waals surface area contributed by atoms with Crippen molar-refractivity contribution in [3.63, 3.8) is 0 Å². The summed E-state index contributed by atoms with van der Waals surface area (Å²) in [5, 5.41) is 14.7. The molecule has 0 spiro atoms. The highest BCUT2D eigenvalue weighted by atomic mass is 16.2. The molecule has 0 aliphatic carbocycles. The molecule has 0 radical (unpaired) electrons. The van der Waals surface area contributed by atoms with E-state index in [1.54, 1.807) is 18.2 Å². The number of hydrogen-bond donors (Lipinski definition) is 2. The number of hydrogen-bond acceptors (Lipinski definition) is 4. The average Bonchev–Trinajstić information content (AvgIpc) is 3.07. The molecule has 4 rings (SSSR count). The standard InChI is InChI=1S/C19H21N5O2/c1-12-10-20-21-16(12)9-13-5-4-8-24(11-13)19(26)17-14-6-2-3-7-15(14)18(25)23-22-17/h2-3,6-7,10,13H,4-5,8-9,11H2,1H3,(H,20,21)(H,23,25)/t13-/m1/s1. The quantitative estimate of drug-likeness (QED) is 0.755. The lowest BCUT2D eigenvalue weighted by Gasteiger charge is -2.32. The van der Waals surface area contributed by atoms with Gasteiger partial charge in [0.1, 0.15) is 0 Å². The van der Waals surface area contributed by atoms with Gasteiger partial charge in [0.2, 0.25) is 0 Å². The Morgan fingerprint density at radius 2 is 2.08 bits per heavy atom. The third-order valence-corrected chi connectivity index (χ3v) is 5.13. The van der Waals surface area contributed by atoms with Gasteiger partial charge in [0.15, 0.2) is 5.69 Å². The molecular formula is C19H21N5O2. The zero-order valence-corrected chi connectivity index (χ0v) is 14.7. The molecule has 3 heterocycles. The minimum absolute atomic E-state index is 0.122. The molecule has 134 valence electrons. The average molecular weight is 351 g/mol. The van der Waals surface area contributed by atoms with Crippen LogP contribution >= 0.6 is 0 Å². The number of aromatic amines is 2. The van der Waals surface area contributed by atoms with Crippen LogP contribution in [0.2, 0.25) is 0 Å². The highest BCUT2D eigenvalue weighted by molar-refractivity contribution is 6.04. The molecule has 0 unspecified atom stereocenters. The van der Waals surface area contributed by atoms with Crippen molar-refractivity contribution in [2.24, 2.45) is 5.92 Å². The fourth-order valence-electron chi connectivity index (χ4n) is 3.71. The highest BCUT2D eigenvalue weighted by Crippen LogP contribution is 2.23. The topological polar surface area (TPSA) is 94.7 Å². The number of aromatic nitrogens is 4. The van der Waals surface area contributed by atoms with E-state index in [0.29, 0.717) is 35.5 Å². The van der Waals surface area contributed by atoms with Crippen LogP contribution < -0.4 is 5.56 Å². The van der Waals surface area contributed by atoms with Crippen LogP contribution in [0.5, 0.6) is 0 Å². The fourth-order valence-corrected chi connectivity index (χ4v) is 3.71. The normalized spacial score (nSPS) is 17.6. The molecule has 1 aliphatic rings. The smallest absolute Gasteiger partial charge is 0.274 e. The fraction of sp³-hybridized carbons (Fsp3) is 0.368. The Hall–Kier alpha value is -2.96. The van der Waals surface area contributed by atoms with Crippen LogP contribution in [-0.2, 0) is 6.42 Å². The maximum atomic E-state index is 13.1. The molecule has 1 aliphatic heterocycles. The van der Waals surface area contributed by atoms with E-state index in [1.807, 2.05) is 24.1 Å². The number of rotatable bonds is 3. The van der Waals surface area contributed by atoms with E-state index in [9.17, 15) is 9.59 Å². The molecule has 1 saturated heterocycles. The number of nitrogens with zero attached hydrogens (tertiary/aromatic N) is 3. The third kappa shape index (κ3) is 3.00. The van der Waals surface area contributed by atoms with Crippen molar-refractivity contribution in [1.29, 1.82) is 0 Å². The van der Waals surface area contributed by atoms with Gasteiger partial charge in [-0.05, 0) is 43.7 Å². The number of fused-ring (bicyclic) bond motifs is 1. The molecule has 0 bridgehead atoms. The highest BCUT2D eigenvalue weighted by Gasteiger charge is 2.27. The molecule has 7 heteroatoms. The zero-order valence-electron chi connectivity index (χ0n) is 14.7. The van der Waals surface area contributed by atoms with Crippen molar-refractivity contribution in [2.75, 3.05) is 13.1 Å². The molecule has 7 nitrogen and oxygen atoms in total. The van der Waals surface area contributed by atoms with Crippen molar-refractivity contribution < 1.29 is 4.79 Å². The van der Waals surface area contributed by atoms with Gasteiger partial charge < -0.3 is 4.90 Å². The second-order valence-corrected chi connectivity index (χ2v) is 6.94. The van der Waals surface area contributed by atoms with Crippen LogP contribution in [0.3, 0.4) is 0 Å². The minimum atomic E-state index is -0.275. The predicted octanol–water partition coefficient (Wildman–Crippen LogP) is 2.05. The molecule has 1 atom stereocenters. The Morgan fingerprint density at radius 1 is 1.27 bits per heavy atom. The van der Waals surface area contributed by atoms with Gasteiger partial charge in [0, 0.05) is 24.2 Å². The number of likely N-dealkylation sites (tertiary alicyclic amines) is 1. The zero-order chi connectivity index (χ0) is 18.1. The number of carbonyl (C=O) groups excluding carboxylic acids is 1. The van der Waals surface area contributed by atoms with Gasteiger partial charge in [0.05, 0.1) is 11.6 Å². The van der Waals surface area contributed by atoms with Crippen molar-refractivity contribution >= 4 is 16.7 Å². The van der Waals surface area contributed by atoms with Gasteiger partial charge in [-0.2, -0.15) is 10.2 Å². The van der Waals surface area contributed by atoms with Crippen LogP contribution in [-0.4, -0.2) is 44.3 Å². The van der Waals surface area contributed by atoms with Crippen molar-refractivity contribution in [3.8, 4) is 0 Å². The van der Waals surface area contributed by atoms with Crippen LogP contribution in [0.15, 0.2) is 35.3 Å². The molecule has 3 aromatic rings.